The molecule has 0 heterocycles. The number of rotatable bonds is 7. The summed E-state index contributed by atoms with van der Waals surface area (Å²) in [7, 11) is 0. The minimum atomic E-state index is -1.09. The van der Waals surface area contributed by atoms with Crippen LogP contribution in [0.25, 0.3) is 0 Å². The molecule has 0 saturated heterocycles. The van der Waals surface area contributed by atoms with Gasteiger partial charge >= 0.3 is 11.9 Å². The lowest BCUT2D eigenvalue weighted by Gasteiger charge is -2.23. The Bertz CT molecular complexity index is 408. The molecule has 1 amide bonds. The zero-order chi connectivity index (χ0) is 14.7. The number of hydrogen-bond donors (Lipinski definition) is 3. The number of hydrogen-bond acceptors (Lipinski definition) is 3. The predicted molar refractivity (Wildman–Crippen MR) is 70.0 cm³/mol. The maximum Gasteiger partial charge on any atom is 0.326 e. The molecule has 2 rings (SSSR count). The van der Waals surface area contributed by atoms with E-state index in [4.69, 9.17) is 10.2 Å². The molecule has 3 N–H and O–H groups in total. The number of carbonyl (C=O) groups is 3. The van der Waals surface area contributed by atoms with Crippen LogP contribution in [-0.4, -0.2) is 34.1 Å². The molecule has 0 aromatic heterocycles. The van der Waals surface area contributed by atoms with Gasteiger partial charge in [0.15, 0.2) is 0 Å². The molecule has 2 saturated carbocycles. The Morgan fingerprint density at radius 1 is 1.15 bits per heavy atom. The van der Waals surface area contributed by atoms with Gasteiger partial charge in [0, 0.05) is 12.3 Å². The Kier molecular flexibility index (Phi) is 4.62. The summed E-state index contributed by atoms with van der Waals surface area (Å²) in [5.74, 6) is -1.21. The average molecular weight is 283 g/mol. The van der Waals surface area contributed by atoms with Crippen LogP contribution in [0.15, 0.2) is 0 Å². The summed E-state index contributed by atoms with van der Waals surface area (Å²) in [5.41, 5.74) is 0. The molecular formula is C14H21NO5. The van der Waals surface area contributed by atoms with Crippen LogP contribution >= 0.6 is 0 Å². The van der Waals surface area contributed by atoms with Gasteiger partial charge in [0.25, 0.3) is 0 Å². The van der Waals surface area contributed by atoms with E-state index >= 15 is 0 Å². The van der Waals surface area contributed by atoms with Crippen LogP contribution in [0.3, 0.4) is 0 Å². The Morgan fingerprint density at radius 2 is 1.90 bits per heavy atom. The maximum absolute atomic E-state index is 12.2. The van der Waals surface area contributed by atoms with E-state index in [1.807, 2.05) is 0 Å². The molecule has 0 spiro atoms. The van der Waals surface area contributed by atoms with Crippen molar-refractivity contribution in [2.24, 2.45) is 17.8 Å². The third-order valence-electron chi connectivity index (χ3n) is 4.57. The molecule has 2 aliphatic carbocycles. The number of carboxylic acid groups (broad SMARTS) is 2. The SMILES string of the molecule is O=C(O)CCC[C@@H](NC(=O)C1CC2CCC1C2)C(=O)O. The van der Waals surface area contributed by atoms with Crippen molar-refractivity contribution >= 4 is 17.8 Å². The van der Waals surface area contributed by atoms with Gasteiger partial charge in [-0.2, -0.15) is 0 Å². The lowest BCUT2D eigenvalue weighted by atomic mass is 9.88. The molecule has 2 aliphatic rings. The number of amides is 1. The fourth-order valence-corrected chi connectivity index (χ4v) is 3.56. The standard InChI is InChI=1S/C14H21NO5/c16-12(17)3-1-2-11(14(19)20)15-13(18)10-7-8-4-5-9(10)6-8/h8-11H,1-7H2,(H,15,18)(H,16,17)(H,19,20)/t8?,9?,10?,11-/m1/s1. The topological polar surface area (TPSA) is 104 Å². The summed E-state index contributed by atoms with van der Waals surface area (Å²) in [4.78, 5) is 33.7. The molecular weight excluding hydrogens is 262 g/mol. The van der Waals surface area contributed by atoms with Gasteiger partial charge < -0.3 is 15.5 Å². The minimum Gasteiger partial charge on any atom is -0.481 e. The summed E-state index contributed by atoms with van der Waals surface area (Å²) < 4.78 is 0. The first-order valence-electron chi connectivity index (χ1n) is 7.22. The van der Waals surface area contributed by atoms with E-state index in [0.717, 1.165) is 19.3 Å². The van der Waals surface area contributed by atoms with Crippen LogP contribution in [0.5, 0.6) is 0 Å². The number of carboxylic acids is 2. The second-order valence-corrected chi connectivity index (χ2v) is 5.97. The Morgan fingerprint density at radius 3 is 2.40 bits per heavy atom. The van der Waals surface area contributed by atoms with Crippen LogP contribution in [0.4, 0.5) is 0 Å². The highest BCUT2D eigenvalue weighted by molar-refractivity contribution is 5.85. The van der Waals surface area contributed by atoms with Gasteiger partial charge in [-0.1, -0.05) is 6.42 Å². The largest absolute Gasteiger partial charge is 0.481 e. The zero-order valence-electron chi connectivity index (χ0n) is 11.4. The molecule has 2 bridgehead atoms. The van der Waals surface area contributed by atoms with E-state index in [2.05, 4.69) is 5.32 Å². The Labute approximate surface area is 117 Å². The van der Waals surface area contributed by atoms with Gasteiger partial charge in [-0.05, 0) is 43.9 Å². The average Bonchev–Trinajstić information content (AvgIpc) is 2.98. The maximum atomic E-state index is 12.2. The molecule has 4 atom stereocenters. The highest BCUT2D eigenvalue weighted by Gasteiger charge is 2.43. The Balaban J connectivity index is 1.83. The first-order valence-corrected chi connectivity index (χ1v) is 7.22. The molecule has 0 aliphatic heterocycles. The van der Waals surface area contributed by atoms with Crippen LogP contribution in [0.2, 0.25) is 0 Å². The second kappa shape index (κ2) is 6.24. The molecule has 20 heavy (non-hydrogen) atoms. The molecule has 0 radical (unpaired) electrons. The lowest BCUT2D eigenvalue weighted by Crippen LogP contribution is -2.44. The van der Waals surface area contributed by atoms with Crippen molar-refractivity contribution in [3.63, 3.8) is 0 Å². The van der Waals surface area contributed by atoms with E-state index in [9.17, 15) is 14.4 Å². The van der Waals surface area contributed by atoms with Crippen molar-refractivity contribution in [1.29, 1.82) is 0 Å². The first kappa shape index (κ1) is 14.8. The van der Waals surface area contributed by atoms with Crippen molar-refractivity contribution < 1.29 is 24.6 Å². The van der Waals surface area contributed by atoms with Crippen LogP contribution in [-0.2, 0) is 14.4 Å². The van der Waals surface area contributed by atoms with Crippen molar-refractivity contribution in [2.75, 3.05) is 0 Å². The summed E-state index contributed by atoms with van der Waals surface area (Å²) in [6, 6.07) is -0.971. The molecule has 0 aromatic carbocycles. The van der Waals surface area contributed by atoms with E-state index in [1.165, 1.54) is 6.42 Å². The molecule has 6 heteroatoms. The van der Waals surface area contributed by atoms with E-state index < -0.39 is 18.0 Å². The monoisotopic (exact) mass is 283 g/mol. The smallest absolute Gasteiger partial charge is 0.326 e. The van der Waals surface area contributed by atoms with Gasteiger partial charge in [0.2, 0.25) is 5.91 Å². The number of carbonyl (C=O) groups excluding carboxylic acids is 1. The van der Waals surface area contributed by atoms with E-state index in [-0.39, 0.29) is 31.1 Å². The minimum absolute atomic E-state index is 0.0462. The Hall–Kier alpha value is -1.59. The number of aliphatic carboxylic acids is 2. The lowest BCUT2D eigenvalue weighted by molar-refractivity contribution is -0.143. The van der Waals surface area contributed by atoms with Gasteiger partial charge in [-0.15, -0.1) is 0 Å². The number of nitrogens with one attached hydrogen (secondary N) is 1. The van der Waals surface area contributed by atoms with Gasteiger partial charge in [0.1, 0.15) is 6.04 Å². The second-order valence-electron chi connectivity index (χ2n) is 5.97. The van der Waals surface area contributed by atoms with Gasteiger partial charge in [-0.3, -0.25) is 9.59 Å². The fourth-order valence-electron chi connectivity index (χ4n) is 3.56. The fraction of sp³-hybridized carbons (Fsp3) is 0.786. The van der Waals surface area contributed by atoms with Gasteiger partial charge in [-0.25, -0.2) is 4.79 Å². The molecule has 6 nitrogen and oxygen atoms in total. The molecule has 3 unspecified atom stereocenters. The van der Waals surface area contributed by atoms with Crippen LogP contribution in [0.1, 0.15) is 44.9 Å². The third kappa shape index (κ3) is 3.49. The summed E-state index contributed by atoms with van der Waals surface area (Å²) in [5, 5.41) is 20.2. The third-order valence-corrected chi connectivity index (χ3v) is 4.57. The summed E-state index contributed by atoms with van der Waals surface area (Å²) >= 11 is 0. The zero-order valence-corrected chi connectivity index (χ0v) is 11.4. The highest BCUT2D eigenvalue weighted by Crippen LogP contribution is 2.48. The molecule has 0 aromatic rings. The van der Waals surface area contributed by atoms with Crippen molar-refractivity contribution in [3.05, 3.63) is 0 Å². The molecule has 112 valence electrons. The van der Waals surface area contributed by atoms with Crippen molar-refractivity contribution in [1.82, 2.24) is 5.32 Å². The van der Waals surface area contributed by atoms with Crippen LogP contribution in [0, 0.1) is 17.8 Å². The predicted octanol–water partition coefficient (Wildman–Crippen LogP) is 1.25. The summed E-state index contributed by atoms with van der Waals surface area (Å²) in [6.07, 6.45) is 4.56. The van der Waals surface area contributed by atoms with Gasteiger partial charge in [0.05, 0.1) is 0 Å². The highest BCUT2D eigenvalue weighted by atomic mass is 16.4. The van der Waals surface area contributed by atoms with Crippen LogP contribution < -0.4 is 5.32 Å². The van der Waals surface area contributed by atoms with Crippen molar-refractivity contribution in [2.45, 2.75) is 51.0 Å². The quantitative estimate of drug-likeness (QED) is 0.652. The normalized spacial score (nSPS) is 29.1. The summed E-state index contributed by atoms with van der Waals surface area (Å²) in [6.45, 7) is 0. The first-order chi connectivity index (χ1) is 9.47. The van der Waals surface area contributed by atoms with E-state index in [1.54, 1.807) is 0 Å². The van der Waals surface area contributed by atoms with E-state index in [0.29, 0.717) is 11.8 Å². The molecule has 2 fully saturated rings. The number of fused-ring (bicyclic) bond motifs is 2. The van der Waals surface area contributed by atoms with Crippen molar-refractivity contribution in [3.8, 4) is 0 Å².